The van der Waals surface area contributed by atoms with Gasteiger partial charge >= 0.3 is 5.69 Å². The van der Waals surface area contributed by atoms with E-state index in [2.05, 4.69) is 16.9 Å². The second-order valence-corrected chi connectivity index (χ2v) is 9.42. The van der Waals surface area contributed by atoms with E-state index in [4.69, 9.17) is 15.2 Å². The third-order valence-electron chi connectivity index (χ3n) is 6.26. The quantitative estimate of drug-likeness (QED) is 0.167. The minimum Gasteiger partial charge on any atom is -0.394 e. The van der Waals surface area contributed by atoms with E-state index >= 15 is 0 Å². The van der Waals surface area contributed by atoms with Crippen LogP contribution in [0.2, 0.25) is 0 Å². The van der Waals surface area contributed by atoms with Gasteiger partial charge in [0.05, 0.1) is 12.7 Å². The predicted octanol–water partition coefficient (Wildman–Crippen LogP) is 5.55. The molecule has 7 nitrogen and oxygen atoms in total. The summed E-state index contributed by atoms with van der Waals surface area (Å²) in [7, 11) is 0. The van der Waals surface area contributed by atoms with E-state index in [1.807, 2.05) is 0 Å². The summed E-state index contributed by atoms with van der Waals surface area (Å²) in [6, 6.07) is 0. The van der Waals surface area contributed by atoms with Crippen LogP contribution >= 0.6 is 0 Å². The summed E-state index contributed by atoms with van der Waals surface area (Å²) in [6.07, 6.45) is 22.5. The lowest BCUT2D eigenvalue weighted by Crippen LogP contribution is -2.23. The van der Waals surface area contributed by atoms with Gasteiger partial charge in [0.2, 0.25) is 0 Å². The SMILES string of the molecule is CCCCCCCCCCCCCCCCOCCCCO[C@H](CO)Cc1cnc(=O)[nH]c1N. The van der Waals surface area contributed by atoms with Crippen molar-refractivity contribution in [2.45, 2.75) is 122 Å². The van der Waals surface area contributed by atoms with Gasteiger partial charge in [0.15, 0.2) is 0 Å². The summed E-state index contributed by atoms with van der Waals surface area (Å²) in [4.78, 5) is 17.3. The van der Waals surface area contributed by atoms with Crippen LogP contribution in [0.15, 0.2) is 11.0 Å². The highest BCUT2D eigenvalue weighted by Crippen LogP contribution is 2.13. The van der Waals surface area contributed by atoms with Crippen molar-refractivity contribution < 1.29 is 14.6 Å². The van der Waals surface area contributed by atoms with E-state index < -0.39 is 5.69 Å². The molecule has 0 unspecified atom stereocenters. The third-order valence-corrected chi connectivity index (χ3v) is 6.26. The molecule has 0 spiro atoms. The maximum Gasteiger partial charge on any atom is 0.346 e. The minimum absolute atomic E-state index is 0.103. The molecular weight excluding hydrogens is 430 g/mol. The summed E-state index contributed by atoms with van der Waals surface area (Å²) >= 11 is 0. The number of anilines is 1. The van der Waals surface area contributed by atoms with Crippen LogP contribution in [0.3, 0.4) is 0 Å². The molecule has 0 amide bonds. The fourth-order valence-corrected chi connectivity index (χ4v) is 4.07. The Balaban J connectivity index is 1.83. The van der Waals surface area contributed by atoms with Gasteiger partial charge in [0.25, 0.3) is 0 Å². The average Bonchev–Trinajstić information content (AvgIpc) is 2.83. The van der Waals surface area contributed by atoms with Crippen LogP contribution in [-0.2, 0) is 15.9 Å². The van der Waals surface area contributed by atoms with Crippen LogP contribution in [-0.4, -0.2) is 47.6 Å². The number of aromatic nitrogens is 2. The molecule has 0 aliphatic carbocycles. The summed E-state index contributed by atoms with van der Waals surface area (Å²) in [5, 5.41) is 9.51. The van der Waals surface area contributed by atoms with Gasteiger partial charge in [-0.05, 0) is 19.3 Å². The molecule has 0 saturated carbocycles. The van der Waals surface area contributed by atoms with E-state index in [1.54, 1.807) is 0 Å². The highest BCUT2D eigenvalue weighted by Gasteiger charge is 2.12. The van der Waals surface area contributed by atoms with Crippen molar-refractivity contribution >= 4 is 5.82 Å². The maximum absolute atomic E-state index is 11.1. The van der Waals surface area contributed by atoms with Gasteiger partial charge in [-0.2, -0.15) is 0 Å². The smallest absolute Gasteiger partial charge is 0.346 e. The highest BCUT2D eigenvalue weighted by atomic mass is 16.5. The Labute approximate surface area is 207 Å². The average molecular weight is 482 g/mol. The number of ether oxygens (including phenoxy) is 2. The van der Waals surface area contributed by atoms with Gasteiger partial charge in [0, 0.05) is 38.0 Å². The zero-order valence-electron chi connectivity index (χ0n) is 21.7. The Kier molecular flexibility index (Phi) is 19.8. The topological polar surface area (TPSA) is 110 Å². The number of aliphatic hydroxyl groups excluding tert-OH is 1. The molecule has 1 heterocycles. The van der Waals surface area contributed by atoms with Crippen molar-refractivity contribution in [2.24, 2.45) is 0 Å². The zero-order chi connectivity index (χ0) is 24.7. The molecule has 1 rings (SSSR count). The second kappa shape index (κ2) is 22.1. The molecule has 0 fully saturated rings. The number of nitrogens with zero attached hydrogens (tertiary/aromatic N) is 1. The van der Waals surface area contributed by atoms with Gasteiger partial charge in [-0.1, -0.05) is 90.4 Å². The number of hydrogen-bond acceptors (Lipinski definition) is 6. The maximum atomic E-state index is 11.1. The molecule has 1 aromatic rings. The minimum atomic E-state index is -0.475. The molecule has 4 N–H and O–H groups in total. The molecule has 0 aromatic carbocycles. The fraction of sp³-hybridized carbons (Fsp3) is 0.852. The Bertz CT molecular complexity index is 639. The zero-order valence-corrected chi connectivity index (χ0v) is 21.7. The Morgan fingerprint density at radius 3 is 1.88 bits per heavy atom. The summed E-state index contributed by atoms with van der Waals surface area (Å²) in [5.41, 5.74) is 5.98. The molecule has 0 radical (unpaired) electrons. The molecule has 0 bridgehead atoms. The summed E-state index contributed by atoms with van der Waals surface area (Å²) in [5.74, 6) is 0.277. The normalized spacial score (nSPS) is 12.3. The Morgan fingerprint density at radius 1 is 0.853 bits per heavy atom. The monoisotopic (exact) mass is 481 g/mol. The number of nitrogens with one attached hydrogen (secondary N) is 1. The molecule has 0 aliphatic rings. The number of nitrogens with two attached hydrogens (primary N) is 1. The van der Waals surface area contributed by atoms with E-state index in [-0.39, 0.29) is 18.5 Å². The Morgan fingerprint density at radius 2 is 1.35 bits per heavy atom. The van der Waals surface area contributed by atoms with Crippen LogP contribution in [0.5, 0.6) is 0 Å². The predicted molar refractivity (Wildman–Crippen MR) is 140 cm³/mol. The van der Waals surface area contributed by atoms with Crippen LogP contribution in [0, 0.1) is 0 Å². The molecule has 34 heavy (non-hydrogen) atoms. The van der Waals surface area contributed by atoms with Gasteiger partial charge in [0.1, 0.15) is 5.82 Å². The first-order valence-corrected chi connectivity index (χ1v) is 13.8. The number of aliphatic hydroxyl groups is 1. The number of hydrogen-bond donors (Lipinski definition) is 3. The third kappa shape index (κ3) is 17.1. The van der Waals surface area contributed by atoms with E-state index in [0.29, 0.717) is 18.6 Å². The van der Waals surface area contributed by atoms with E-state index in [9.17, 15) is 9.90 Å². The second-order valence-electron chi connectivity index (χ2n) is 9.42. The van der Waals surface area contributed by atoms with Crippen molar-refractivity contribution in [3.63, 3.8) is 0 Å². The van der Waals surface area contributed by atoms with Crippen molar-refractivity contribution in [2.75, 3.05) is 32.2 Å². The van der Waals surface area contributed by atoms with Crippen molar-refractivity contribution in [1.29, 1.82) is 0 Å². The number of H-pyrrole nitrogens is 1. The standard InChI is InChI=1S/C27H51N3O4/c1-2-3-4-5-6-7-8-9-10-11-12-13-14-15-18-33-19-16-17-20-34-25(23-31)21-24-22-29-27(32)30-26(24)28/h22,25,31H,2-21,23H2,1H3,(H3,28,29,30,32)/t25-/m0/s1. The van der Waals surface area contributed by atoms with Gasteiger partial charge in [-0.15, -0.1) is 0 Å². The van der Waals surface area contributed by atoms with Crippen LogP contribution in [0.25, 0.3) is 0 Å². The summed E-state index contributed by atoms with van der Waals surface area (Å²) in [6.45, 7) is 4.33. The van der Waals surface area contributed by atoms with Gasteiger partial charge in [-0.25, -0.2) is 9.78 Å². The molecule has 7 heteroatoms. The van der Waals surface area contributed by atoms with Crippen molar-refractivity contribution in [3.05, 3.63) is 22.2 Å². The number of aromatic amines is 1. The number of nitrogen functional groups attached to an aromatic ring is 1. The van der Waals surface area contributed by atoms with E-state index in [1.165, 1.54) is 89.7 Å². The first kappa shape index (κ1) is 30.6. The lowest BCUT2D eigenvalue weighted by atomic mass is 10.0. The fourth-order valence-electron chi connectivity index (χ4n) is 4.07. The van der Waals surface area contributed by atoms with E-state index in [0.717, 1.165) is 32.5 Å². The first-order valence-electron chi connectivity index (χ1n) is 13.8. The van der Waals surface area contributed by atoms with Crippen molar-refractivity contribution in [1.82, 2.24) is 9.97 Å². The first-order chi connectivity index (χ1) is 16.7. The Hall–Kier alpha value is -1.44. The molecular formula is C27H51N3O4. The number of unbranched alkanes of at least 4 members (excludes halogenated alkanes) is 14. The van der Waals surface area contributed by atoms with Crippen molar-refractivity contribution in [3.8, 4) is 0 Å². The molecule has 0 saturated heterocycles. The van der Waals surface area contributed by atoms with Gasteiger partial charge in [-0.3, -0.25) is 4.98 Å². The molecule has 198 valence electrons. The van der Waals surface area contributed by atoms with Crippen LogP contribution in [0.1, 0.15) is 115 Å². The highest BCUT2D eigenvalue weighted by molar-refractivity contribution is 5.36. The number of rotatable bonds is 24. The molecule has 0 aliphatic heterocycles. The van der Waals surface area contributed by atoms with Crippen LogP contribution in [0.4, 0.5) is 5.82 Å². The lowest BCUT2D eigenvalue weighted by Gasteiger charge is -2.16. The largest absolute Gasteiger partial charge is 0.394 e. The molecule has 1 atom stereocenters. The van der Waals surface area contributed by atoms with Crippen LogP contribution < -0.4 is 11.4 Å². The van der Waals surface area contributed by atoms with Gasteiger partial charge < -0.3 is 20.3 Å². The lowest BCUT2D eigenvalue weighted by molar-refractivity contribution is 0.00900. The summed E-state index contributed by atoms with van der Waals surface area (Å²) < 4.78 is 11.5. The molecule has 1 aromatic heterocycles.